The van der Waals surface area contributed by atoms with E-state index in [0.717, 1.165) is 44.2 Å². The van der Waals surface area contributed by atoms with Gasteiger partial charge < -0.3 is 14.8 Å². The van der Waals surface area contributed by atoms with Gasteiger partial charge in [0, 0.05) is 19.6 Å². The van der Waals surface area contributed by atoms with Crippen LogP contribution in [0.15, 0.2) is 24.3 Å². The van der Waals surface area contributed by atoms with Crippen LogP contribution < -0.4 is 5.32 Å². The number of likely N-dealkylation sites (N-methyl/N-ethyl adjacent to an activating group) is 1. The predicted molar refractivity (Wildman–Crippen MR) is 90.9 cm³/mol. The smallest absolute Gasteiger partial charge is 0.203 e. The number of nitrogens with one attached hydrogen (secondary N) is 1. The van der Waals surface area contributed by atoms with Crippen LogP contribution in [0.3, 0.4) is 0 Å². The number of fused-ring (bicyclic) bond motifs is 1. The second-order valence-electron chi connectivity index (χ2n) is 5.38. The Morgan fingerprint density at radius 3 is 2.62 bits per heavy atom. The quantitative estimate of drug-likeness (QED) is 0.765. The van der Waals surface area contributed by atoms with Gasteiger partial charge in [0.1, 0.15) is 0 Å². The average molecular weight is 288 g/mol. The van der Waals surface area contributed by atoms with E-state index in [2.05, 4.69) is 59.8 Å². The van der Waals surface area contributed by atoms with E-state index in [1.807, 2.05) is 0 Å². The molecule has 2 aromatic rings. The van der Waals surface area contributed by atoms with Crippen LogP contribution >= 0.6 is 0 Å². The molecule has 0 aliphatic heterocycles. The maximum Gasteiger partial charge on any atom is 0.203 e. The molecule has 4 nitrogen and oxygen atoms in total. The second kappa shape index (κ2) is 8.03. The lowest BCUT2D eigenvalue weighted by atomic mass is 10.3. The van der Waals surface area contributed by atoms with Crippen LogP contribution in [0.4, 0.5) is 5.95 Å². The van der Waals surface area contributed by atoms with Gasteiger partial charge in [-0.1, -0.05) is 39.3 Å². The van der Waals surface area contributed by atoms with Gasteiger partial charge in [-0.15, -0.1) is 0 Å². The second-order valence-corrected chi connectivity index (χ2v) is 5.38. The van der Waals surface area contributed by atoms with Crippen molar-refractivity contribution in [3.8, 4) is 0 Å². The lowest BCUT2D eigenvalue weighted by molar-refractivity contribution is 0.315. The first-order valence-electron chi connectivity index (χ1n) is 8.21. The van der Waals surface area contributed by atoms with E-state index in [9.17, 15) is 0 Å². The molecule has 2 rings (SSSR count). The highest BCUT2D eigenvalue weighted by Crippen LogP contribution is 2.20. The van der Waals surface area contributed by atoms with E-state index < -0.39 is 0 Å². The SMILES string of the molecule is CCCCn1c(NCCN(CC)CC)nc2ccccc21. The molecule has 0 atom stereocenters. The maximum atomic E-state index is 4.75. The van der Waals surface area contributed by atoms with E-state index in [0.29, 0.717) is 0 Å². The number of aromatic nitrogens is 2. The van der Waals surface area contributed by atoms with Gasteiger partial charge in [0.2, 0.25) is 5.95 Å². The van der Waals surface area contributed by atoms with Crippen LogP contribution in [0.1, 0.15) is 33.6 Å². The fourth-order valence-electron chi connectivity index (χ4n) is 2.62. The van der Waals surface area contributed by atoms with Crippen molar-refractivity contribution in [2.75, 3.05) is 31.5 Å². The summed E-state index contributed by atoms with van der Waals surface area (Å²) >= 11 is 0. The van der Waals surface area contributed by atoms with Crippen molar-refractivity contribution in [3.63, 3.8) is 0 Å². The van der Waals surface area contributed by atoms with Gasteiger partial charge in [-0.05, 0) is 31.6 Å². The lowest BCUT2D eigenvalue weighted by Crippen LogP contribution is -2.29. The minimum Gasteiger partial charge on any atom is -0.354 e. The van der Waals surface area contributed by atoms with Gasteiger partial charge in [-0.25, -0.2) is 4.98 Å². The topological polar surface area (TPSA) is 33.1 Å². The monoisotopic (exact) mass is 288 g/mol. The molecule has 0 aliphatic rings. The first-order chi connectivity index (χ1) is 10.3. The summed E-state index contributed by atoms with van der Waals surface area (Å²) in [6.07, 6.45) is 2.39. The molecule has 1 heterocycles. The molecular weight excluding hydrogens is 260 g/mol. The number of hydrogen-bond donors (Lipinski definition) is 1. The Morgan fingerprint density at radius 1 is 1.14 bits per heavy atom. The number of imidazole rings is 1. The molecular formula is C17H28N4. The van der Waals surface area contributed by atoms with E-state index in [4.69, 9.17) is 4.98 Å². The number of aryl methyl sites for hydroxylation is 1. The molecule has 0 fully saturated rings. The predicted octanol–water partition coefficient (Wildman–Crippen LogP) is 3.59. The summed E-state index contributed by atoms with van der Waals surface area (Å²) in [5, 5.41) is 3.52. The Labute approximate surface area is 128 Å². The van der Waals surface area contributed by atoms with Crippen LogP contribution in [0, 0.1) is 0 Å². The number of para-hydroxylation sites is 2. The molecule has 0 saturated carbocycles. The van der Waals surface area contributed by atoms with Gasteiger partial charge in [0.25, 0.3) is 0 Å². The number of rotatable bonds is 9. The number of anilines is 1. The summed E-state index contributed by atoms with van der Waals surface area (Å²) in [6, 6.07) is 8.40. The number of benzene rings is 1. The number of nitrogens with zero attached hydrogens (tertiary/aromatic N) is 3. The molecule has 0 saturated heterocycles. The molecule has 0 radical (unpaired) electrons. The normalized spacial score (nSPS) is 11.4. The van der Waals surface area contributed by atoms with Crippen molar-refractivity contribution in [2.24, 2.45) is 0 Å². The Balaban J connectivity index is 2.10. The lowest BCUT2D eigenvalue weighted by Gasteiger charge is -2.18. The maximum absolute atomic E-state index is 4.75. The first kappa shape index (κ1) is 15.8. The van der Waals surface area contributed by atoms with Crippen molar-refractivity contribution >= 4 is 17.0 Å². The number of unbranched alkanes of at least 4 members (excludes halogenated alkanes) is 1. The molecule has 0 spiro atoms. The molecule has 116 valence electrons. The Kier molecular flexibility index (Phi) is 6.05. The minimum absolute atomic E-state index is 0.942. The van der Waals surface area contributed by atoms with Crippen LogP contribution in [0.2, 0.25) is 0 Å². The molecule has 1 aromatic heterocycles. The Hall–Kier alpha value is -1.55. The van der Waals surface area contributed by atoms with Gasteiger partial charge >= 0.3 is 0 Å². The third kappa shape index (κ3) is 3.97. The van der Waals surface area contributed by atoms with Gasteiger partial charge in [-0.3, -0.25) is 0 Å². The molecule has 0 amide bonds. The third-order valence-electron chi connectivity index (χ3n) is 4.00. The summed E-state index contributed by atoms with van der Waals surface area (Å²) in [4.78, 5) is 7.17. The fraction of sp³-hybridized carbons (Fsp3) is 0.588. The van der Waals surface area contributed by atoms with Crippen molar-refractivity contribution < 1.29 is 0 Å². The highest BCUT2D eigenvalue weighted by molar-refractivity contribution is 5.78. The van der Waals surface area contributed by atoms with Crippen LogP contribution in [0.5, 0.6) is 0 Å². The standard InChI is InChI=1S/C17H28N4/c1-4-7-13-21-16-11-9-8-10-15(16)19-17(21)18-12-14-20(5-2)6-3/h8-11H,4-7,12-14H2,1-3H3,(H,18,19). The van der Waals surface area contributed by atoms with Crippen LogP contribution in [-0.2, 0) is 6.54 Å². The van der Waals surface area contributed by atoms with Gasteiger partial charge in [-0.2, -0.15) is 0 Å². The van der Waals surface area contributed by atoms with E-state index in [-0.39, 0.29) is 0 Å². The van der Waals surface area contributed by atoms with Gasteiger partial charge in [0.15, 0.2) is 0 Å². The van der Waals surface area contributed by atoms with E-state index >= 15 is 0 Å². The van der Waals surface area contributed by atoms with Crippen LogP contribution in [-0.4, -0.2) is 40.6 Å². The molecule has 4 heteroatoms. The van der Waals surface area contributed by atoms with Crippen molar-refractivity contribution in [1.29, 1.82) is 0 Å². The first-order valence-corrected chi connectivity index (χ1v) is 8.21. The molecule has 0 bridgehead atoms. The summed E-state index contributed by atoms with van der Waals surface area (Å²) in [5.74, 6) is 1.01. The molecule has 1 N–H and O–H groups in total. The molecule has 21 heavy (non-hydrogen) atoms. The summed E-state index contributed by atoms with van der Waals surface area (Å²) in [6.45, 7) is 11.9. The van der Waals surface area contributed by atoms with Crippen molar-refractivity contribution in [1.82, 2.24) is 14.5 Å². The van der Waals surface area contributed by atoms with Gasteiger partial charge in [0.05, 0.1) is 11.0 Å². The highest BCUT2D eigenvalue weighted by atomic mass is 15.2. The van der Waals surface area contributed by atoms with Crippen LogP contribution in [0.25, 0.3) is 11.0 Å². The van der Waals surface area contributed by atoms with E-state index in [1.165, 1.54) is 18.4 Å². The summed E-state index contributed by atoms with van der Waals surface area (Å²) < 4.78 is 2.32. The Bertz CT molecular complexity index is 543. The van der Waals surface area contributed by atoms with E-state index in [1.54, 1.807) is 0 Å². The van der Waals surface area contributed by atoms with Crippen molar-refractivity contribution in [2.45, 2.75) is 40.2 Å². The average Bonchev–Trinajstić information content (AvgIpc) is 2.87. The molecule has 0 unspecified atom stereocenters. The largest absolute Gasteiger partial charge is 0.354 e. The summed E-state index contributed by atoms with van der Waals surface area (Å²) in [5.41, 5.74) is 2.32. The number of hydrogen-bond acceptors (Lipinski definition) is 3. The third-order valence-corrected chi connectivity index (χ3v) is 4.00. The zero-order valence-electron chi connectivity index (χ0n) is 13.6. The minimum atomic E-state index is 0.942. The summed E-state index contributed by atoms with van der Waals surface area (Å²) in [7, 11) is 0. The molecule has 1 aromatic carbocycles. The molecule has 0 aliphatic carbocycles. The van der Waals surface area contributed by atoms with Crippen molar-refractivity contribution in [3.05, 3.63) is 24.3 Å². The Morgan fingerprint density at radius 2 is 1.90 bits per heavy atom. The zero-order chi connectivity index (χ0) is 15.1. The fourth-order valence-corrected chi connectivity index (χ4v) is 2.62. The zero-order valence-corrected chi connectivity index (χ0v) is 13.6. The highest BCUT2D eigenvalue weighted by Gasteiger charge is 2.09.